The Bertz CT molecular complexity index is 1200. The summed E-state index contributed by atoms with van der Waals surface area (Å²) in [6.45, 7) is 15.8. The lowest BCUT2D eigenvalue weighted by atomic mass is 9.75. The van der Waals surface area contributed by atoms with Crippen LogP contribution in [0.25, 0.3) is 17.2 Å². The molecule has 1 unspecified atom stereocenters. The lowest BCUT2D eigenvalue weighted by Crippen LogP contribution is -2.22. The van der Waals surface area contributed by atoms with Crippen LogP contribution in [0.5, 0.6) is 0 Å². The first-order valence-corrected chi connectivity index (χ1v) is 14.2. The van der Waals surface area contributed by atoms with E-state index in [-0.39, 0.29) is 0 Å². The van der Waals surface area contributed by atoms with E-state index in [1.807, 2.05) is 0 Å². The summed E-state index contributed by atoms with van der Waals surface area (Å²) in [6, 6.07) is 11.9. The molecular formula is C35H42. The van der Waals surface area contributed by atoms with Gasteiger partial charge < -0.3 is 0 Å². The molecule has 0 saturated heterocycles. The molecule has 0 spiro atoms. The number of aryl methyl sites for hydroxylation is 2. The van der Waals surface area contributed by atoms with Crippen LogP contribution in [0.2, 0.25) is 0 Å². The number of allylic oxidation sites excluding steroid dienone is 3. The Morgan fingerprint density at radius 1 is 0.886 bits per heavy atom. The average Bonchev–Trinajstić information content (AvgIpc) is 3.60. The highest BCUT2D eigenvalue weighted by atomic mass is 14.5. The molecule has 182 valence electrons. The molecule has 2 aromatic carbocycles. The molecule has 35 heavy (non-hydrogen) atoms. The SMILES string of the molecule is C=C1CCC(=C)C1CC1=Cc2cccc(-c3cc(C)cc(C)c3C[C@@H]3C[C@H]4CC(CC)[C@@H]3C4)c2C1. The second-order valence-corrected chi connectivity index (χ2v) is 12.4. The zero-order valence-corrected chi connectivity index (χ0v) is 22.1. The van der Waals surface area contributed by atoms with Gasteiger partial charge in [-0.2, -0.15) is 0 Å². The molecule has 2 aromatic rings. The van der Waals surface area contributed by atoms with Crippen molar-refractivity contribution in [2.75, 3.05) is 0 Å². The second-order valence-electron chi connectivity index (χ2n) is 12.4. The van der Waals surface area contributed by atoms with Crippen LogP contribution in [-0.4, -0.2) is 0 Å². The summed E-state index contributed by atoms with van der Waals surface area (Å²) in [7, 11) is 0. The molecule has 3 saturated carbocycles. The summed E-state index contributed by atoms with van der Waals surface area (Å²) in [5.74, 6) is 4.29. The van der Waals surface area contributed by atoms with Crippen LogP contribution >= 0.6 is 0 Å². The first kappa shape index (κ1) is 23.1. The van der Waals surface area contributed by atoms with Crippen LogP contribution < -0.4 is 0 Å². The predicted molar refractivity (Wildman–Crippen MR) is 150 cm³/mol. The van der Waals surface area contributed by atoms with Crippen LogP contribution in [-0.2, 0) is 12.8 Å². The molecule has 6 rings (SSSR count). The topological polar surface area (TPSA) is 0 Å². The lowest BCUT2D eigenvalue weighted by molar-refractivity contribution is 0.231. The highest BCUT2D eigenvalue weighted by molar-refractivity contribution is 5.80. The van der Waals surface area contributed by atoms with Crippen LogP contribution in [0.15, 0.2) is 60.2 Å². The van der Waals surface area contributed by atoms with Crippen molar-refractivity contribution < 1.29 is 0 Å². The van der Waals surface area contributed by atoms with E-state index >= 15 is 0 Å². The van der Waals surface area contributed by atoms with Gasteiger partial charge >= 0.3 is 0 Å². The molecule has 3 fully saturated rings. The van der Waals surface area contributed by atoms with Crippen LogP contribution in [0.4, 0.5) is 0 Å². The highest BCUT2D eigenvalue weighted by Crippen LogP contribution is 2.54. The van der Waals surface area contributed by atoms with E-state index in [4.69, 9.17) is 0 Å². The Kier molecular flexibility index (Phi) is 5.90. The van der Waals surface area contributed by atoms with Crippen molar-refractivity contribution in [2.45, 2.75) is 78.6 Å². The number of fused-ring (bicyclic) bond motifs is 3. The molecule has 4 aliphatic rings. The number of hydrogen-bond donors (Lipinski definition) is 0. The fourth-order valence-corrected chi connectivity index (χ4v) is 8.45. The quantitative estimate of drug-likeness (QED) is 0.375. The van der Waals surface area contributed by atoms with E-state index in [0.29, 0.717) is 5.92 Å². The van der Waals surface area contributed by atoms with Crippen LogP contribution in [0.3, 0.4) is 0 Å². The van der Waals surface area contributed by atoms with Gasteiger partial charge in [0.25, 0.3) is 0 Å². The standard InChI is InChI=1S/C35H42/c1-6-27-14-25-16-29(33(27)18-25)20-32-24(5)12-21(2)13-35(32)30-9-7-8-28-15-26(19-34(28)30)17-31-22(3)10-11-23(31)4/h7-9,12-13,15,25,27,29,31,33H,3-4,6,10-11,14,16-20H2,1-2,5H3/t25-,27?,29+,33+/m1/s1. The van der Waals surface area contributed by atoms with Crippen LogP contribution in [0.1, 0.15) is 79.7 Å². The highest BCUT2D eigenvalue weighted by Gasteiger charge is 2.45. The lowest BCUT2D eigenvalue weighted by Gasteiger charge is -2.30. The van der Waals surface area contributed by atoms with E-state index in [2.05, 4.69) is 70.3 Å². The Morgan fingerprint density at radius 2 is 1.66 bits per heavy atom. The first-order chi connectivity index (χ1) is 16.9. The maximum atomic E-state index is 4.36. The average molecular weight is 463 g/mol. The minimum Gasteiger partial charge on any atom is -0.0992 e. The molecule has 0 heterocycles. The maximum absolute atomic E-state index is 4.36. The summed E-state index contributed by atoms with van der Waals surface area (Å²) < 4.78 is 0. The third kappa shape index (κ3) is 4.08. The molecule has 0 radical (unpaired) electrons. The van der Waals surface area contributed by atoms with Crippen molar-refractivity contribution >= 4 is 6.08 Å². The number of hydrogen-bond acceptors (Lipinski definition) is 0. The summed E-state index contributed by atoms with van der Waals surface area (Å²) in [5.41, 5.74) is 14.8. The molecule has 4 atom stereocenters. The van der Waals surface area contributed by atoms with Gasteiger partial charge in [0, 0.05) is 5.92 Å². The third-order valence-electron chi connectivity index (χ3n) is 10.2. The van der Waals surface area contributed by atoms with E-state index in [9.17, 15) is 0 Å². The first-order valence-electron chi connectivity index (χ1n) is 14.2. The third-order valence-corrected chi connectivity index (χ3v) is 10.2. The molecule has 0 aromatic heterocycles. The molecule has 0 aliphatic heterocycles. The minimum absolute atomic E-state index is 0.486. The smallest absolute Gasteiger partial charge is 0.00392 e. The van der Waals surface area contributed by atoms with Gasteiger partial charge in [0.2, 0.25) is 0 Å². The van der Waals surface area contributed by atoms with Crippen molar-refractivity contribution in [2.24, 2.45) is 29.6 Å². The Morgan fingerprint density at radius 3 is 2.40 bits per heavy atom. The molecular weight excluding hydrogens is 420 g/mol. The van der Waals surface area contributed by atoms with Gasteiger partial charge in [-0.3, -0.25) is 0 Å². The summed E-state index contributed by atoms with van der Waals surface area (Å²) in [6.07, 6.45) is 14.0. The summed E-state index contributed by atoms with van der Waals surface area (Å²) in [4.78, 5) is 0. The van der Waals surface area contributed by atoms with Gasteiger partial charge in [0.1, 0.15) is 0 Å². The monoisotopic (exact) mass is 462 g/mol. The van der Waals surface area contributed by atoms with E-state index in [1.54, 1.807) is 16.7 Å². The van der Waals surface area contributed by atoms with Gasteiger partial charge in [-0.05, 0) is 122 Å². The van der Waals surface area contributed by atoms with Crippen molar-refractivity contribution in [3.8, 4) is 11.1 Å². The van der Waals surface area contributed by atoms with Gasteiger partial charge in [-0.15, -0.1) is 0 Å². The predicted octanol–water partition coefficient (Wildman–Crippen LogP) is 9.44. The molecule has 0 N–H and O–H groups in total. The van der Waals surface area contributed by atoms with Crippen molar-refractivity contribution in [1.29, 1.82) is 0 Å². The number of benzene rings is 2. The van der Waals surface area contributed by atoms with Crippen molar-refractivity contribution in [3.05, 3.63) is 88.0 Å². The maximum Gasteiger partial charge on any atom is 0.00392 e. The fourth-order valence-electron chi connectivity index (χ4n) is 8.45. The zero-order valence-electron chi connectivity index (χ0n) is 22.1. The van der Waals surface area contributed by atoms with Crippen molar-refractivity contribution in [1.82, 2.24) is 0 Å². The Balaban J connectivity index is 1.31. The van der Waals surface area contributed by atoms with E-state index < -0.39 is 0 Å². The Labute approximate surface area is 213 Å². The minimum atomic E-state index is 0.486. The van der Waals surface area contributed by atoms with Gasteiger partial charge in [0.15, 0.2) is 0 Å². The molecule has 2 bridgehead atoms. The van der Waals surface area contributed by atoms with Gasteiger partial charge in [-0.25, -0.2) is 0 Å². The van der Waals surface area contributed by atoms with Crippen LogP contribution in [0, 0.1) is 43.4 Å². The van der Waals surface area contributed by atoms with Gasteiger partial charge in [-0.1, -0.05) is 85.2 Å². The fraction of sp³-hybridized carbons (Fsp3) is 0.486. The second kappa shape index (κ2) is 8.95. The van der Waals surface area contributed by atoms with Gasteiger partial charge in [0.05, 0.1) is 0 Å². The van der Waals surface area contributed by atoms with E-state index in [0.717, 1.165) is 49.4 Å². The zero-order chi connectivity index (χ0) is 24.3. The molecule has 0 nitrogen and oxygen atoms in total. The largest absolute Gasteiger partial charge is 0.0992 e. The normalized spacial score (nSPS) is 27.7. The molecule has 0 heteroatoms. The number of rotatable bonds is 6. The molecule has 0 amide bonds. The van der Waals surface area contributed by atoms with E-state index in [1.165, 1.54) is 71.1 Å². The molecule has 4 aliphatic carbocycles. The Hall–Kier alpha value is -2.34. The van der Waals surface area contributed by atoms with Crippen molar-refractivity contribution in [3.63, 3.8) is 0 Å². The summed E-state index contributed by atoms with van der Waals surface area (Å²) >= 11 is 0. The summed E-state index contributed by atoms with van der Waals surface area (Å²) in [5, 5.41) is 0.